The molecule has 0 unspecified atom stereocenters. The zero-order valence-electron chi connectivity index (χ0n) is 12.0. The molecule has 0 radical (unpaired) electrons. The summed E-state index contributed by atoms with van der Waals surface area (Å²) in [6, 6.07) is 10.8. The minimum atomic E-state index is -4.68. The van der Waals surface area contributed by atoms with E-state index < -0.39 is 28.8 Å². The maximum Gasteiger partial charge on any atom is 0.417 e. The highest BCUT2D eigenvalue weighted by molar-refractivity contribution is 6.01. The lowest BCUT2D eigenvalue weighted by molar-refractivity contribution is -0.137. The molecule has 8 heteroatoms. The Balaban J connectivity index is 2.00. The topological polar surface area (TPSA) is 64.0 Å². The van der Waals surface area contributed by atoms with Gasteiger partial charge >= 0.3 is 6.18 Å². The maximum atomic E-state index is 13.0. The molecule has 0 atom stereocenters. The largest absolute Gasteiger partial charge is 0.417 e. The number of carbonyl (C=O) groups is 1. The molecule has 1 aromatic heterocycles. The first-order valence-corrected chi connectivity index (χ1v) is 6.82. The molecule has 0 spiro atoms. The molecular weight excluding hydrogens is 323 g/mol. The quantitative estimate of drug-likeness (QED) is 0.784. The van der Waals surface area contributed by atoms with Crippen LogP contribution in [0.2, 0.25) is 0 Å². The van der Waals surface area contributed by atoms with E-state index in [2.05, 4.69) is 10.4 Å². The fourth-order valence-corrected chi connectivity index (χ4v) is 2.25. The standard InChI is InChI=1S/C16H10F3N3O2/c17-16(18,19)12-7-3-1-5-10(12)14(23)21-22-9-20-13-8-4-2-6-11(13)15(22)24/h1-9H,(H,21,23). The van der Waals surface area contributed by atoms with Crippen LogP contribution in [0.25, 0.3) is 10.9 Å². The van der Waals surface area contributed by atoms with Gasteiger partial charge in [0.05, 0.1) is 22.0 Å². The number of para-hydroxylation sites is 1. The van der Waals surface area contributed by atoms with Gasteiger partial charge in [-0.1, -0.05) is 24.3 Å². The molecular formula is C16H10F3N3O2. The maximum absolute atomic E-state index is 13.0. The van der Waals surface area contributed by atoms with Crippen LogP contribution in [-0.4, -0.2) is 15.6 Å². The Morgan fingerprint density at radius 2 is 1.71 bits per heavy atom. The molecule has 2 aromatic carbocycles. The lowest BCUT2D eigenvalue weighted by atomic mass is 10.1. The molecule has 24 heavy (non-hydrogen) atoms. The van der Waals surface area contributed by atoms with Crippen LogP contribution in [0.1, 0.15) is 15.9 Å². The van der Waals surface area contributed by atoms with Crippen LogP contribution in [0.4, 0.5) is 13.2 Å². The van der Waals surface area contributed by atoms with Crippen molar-refractivity contribution < 1.29 is 18.0 Å². The number of carbonyl (C=O) groups excluding carboxylic acids is 1. The van der Waals surface area contributed by atoms with Crippen LogP contribution in [0.15, 0.2) is 59.7 Å². The van der Waals surface area contributed by atoms with E-state index in [9.17, 15) is 22.8 Å². The number of alkyl halides is 3. The van der Waals surface area contributed by atoms with Gasteiger partial charge in [0.15, 0.2) is 0 Å². The summed E-state index contributed by atoms with van der Waals surface area (Å²) < 4.78 is 39.7. The highest BCUT2D eigenvalue weighted by Crippen LogP contribution is 2.31. The van der Waals surface area contributed by atoms with Gasteiger partial charge in [0.25, 0.3) is 11.5 Å². The van der Waals surface area contributed by atoms with E-state index in [0.29, 0.717) is 5.52 Å². The lowest BCUT2D eigenvalue weighted by Crippen LogP contribution is -2.34. The zero-order valence-corrected chi connectivity index (χ0v) is 12.0. The number of halogens is 3. The van der Waals surface area contributed by atoms with Gasteiger partial charge < -0.3 is 0 Å². The third kappa shape index (κ3) is 2.85. The Labute approximate surface area is 133 Å². The van der Waals surface area contributed by atoms with E-state index in [0.717, 1.165) is 23.1 Å². The number of rotatable bonds is 2. The highest BCUT2D eigenvalue weighted by atomic mass is 19.4. The Morgan fingerprint density at radius 1 is 1.04 bits per heavy atom. The van der Waals surface area contributed by atoms with Crippen molar-refractivity contribution in [1.82, 2.24) is 9.66 Å². The first kappa shape index (κ1) is 15.7. The Hall–Kier alpha value is -3.16. The van der Waals surface area contributed by atoms with Gasteiger partial charge in [-0.15, -0.1) is 0 Å². The summed E-state index contributed by atoms with van der Waals surface area (Å²) in [7, 11) is 0. The lowest BCUT2D eigenvalue weighted by Gasteiger charge is -2.13. The van der Waals surface area contributed by atoms with Crippen LogP contribution in [-0.2, 0) is 6.18 Å². The minimum absolute atomic E-state index is 0.240. The smallest absolute Gasteiger partial charge is 0.267 e. The normalized spacial score (nSPS) is 11.5. The molecule has 0 aliphatic rings. The molecule has 5 nitrogen and oxygen atoms in total. The fourth-order valence-electron chi connectivity index (χ4n) is 2.25. The molecule has 3 aromatic rings. The van der Waals surface area contributed by atoms with Crippen LogP contribution in [0.3, 0.4) is 0 Å². The molecule has 1 N–H and O–H groups in total. The molecule has 0 aliphatic heterocycles. The van der Waals surface area contributed by atoms with E-state index in [4.69, 9.17) is 0 Å². The van der Waals surface area contributed by atoms with Crippen molar-refractivity contribution in [2.75, 3.05) is 5.43 Å². The molecule has 122 valence electrons. The first-order valence-electron chi connectivity index (χ1n) is 6.82. The molecule has 1 amide bonds. The zero-order chi connectivity index (χ0) is 17.3. The number of benzene rings is 2. The third-order valence-corrected chi connectivity index (χ3v) is 3.36. The van der Waals surface area contributed by atoms with Crippen molar-refractivity contribution in [2.45, 2.75) is 6.18 Å². The van der Waals surface area contributed by atoms with Gasteiger partial charge in [-0.2, -0.15) is 13.2 Å². The van der Waals surface area contributed by atoms with Crippen molar-refractivity contribution in [3.05, 3.63) is 76.3 Å². The molecule has 0 aliphatic carbocycles. The summed E-state index contributed by atoms with van der Waals surface area (Å²) in [5, 5.41) is 0.240. The van der Waals surface area contributed by atoms with Gasteiger partial charge in [0.1, 0.15) is 6.33 Å². The highest BCUT2D eigenvalue weighted by Gasteiger charge is 2.34. The van der Waals surface area contributed by atoms with Crippen molar-refractivity contribution in [3.63, 3.8) is 0 Å². The van der Waals surface area contributed by atoms with Crippen LogP contribution in [0.5, 0.6) is 0 Å². The monoisotopic (exact) mass is 333 g/mol. The van der Waals surface area contributed by atoms with E-state index in [1.165, 1.54) is 18.2 Å². The van der Waals surface area contributed by atoms with Crippen LogP contribution >= 0.6 is 0 Å². The number of fused-ring (bicyclic) bond motifs is 1. The SMILES string of the molecule is O=C(Nn1cnc2ccccc2c1=O)c1ccccc1C(F)(F)F. The first-order chi connectivity index (χ1) is 11.4. The molecule has 0 bridgehead atoms. The van der Waals surface area contributed by atoms with E-state index in [1.807, 2.05) is 0 Å². The summed E-state index contributed by atoms with van der Waals surface area (Å²) in [6.45, 7) is 0. The second-order valence-corrected chi connectivity index (χ2v) is 4.92. The van der Waals surface area contributed by atoms with Crippen molar-refractivity contribution in [2.24, 2.45) is 0 Å². The molecule has 0 saturated carbocycles. The summed E-state index contributed by atoms with van der Waals surface area (Å²) >= 11 is 0. The van der Waals surface area contributed by atoms with Crippen molar-refractivity contribution >= 4 is 16.8 Å². The summed E-state index contributed by atoms with van der Waals surface area (Å²) in [6.07, 6.45) is -3.63. The second-order valence-electron chi connectivity index (χ2n) is 4.92. The van der Waals surface area contributed by atoms with Gasteiger partial charge in [-0.3, -0.25) is 15.0 Å². The van der Waals surface area contributed by atoms with E-state index in [1.54, 1.807) is 18.2 Å². The Morgan fingerprint density at radius 3 is 2.46 bits per heavy atom. The predicted molar refractivity (Wildman–Crippen MR) is 81.1 cm³/mol. The van der Waals surface area contributed by atoms with Crippen LogP contribution in [0, 0.1) is 0 Å². The molecule has 3 rings (SSSR count). The van der Waals surface area contributed by atoms with E-state index in [-0.39, 0.29) is 5.39 Å². The Kier molecular flexibility index (Phi) is 3.80. The second kappa shape index (κ2) is 5.80. The molecule has 1 heterocycles. The van der Waals surface area contributed by atoms with Crippen LogP contribution < -0.4 is 11.0 Å². The summed E-state index contributed by atoms with van der Waals surface area (Å²) in [5.41, 5.74) is 0.311. The van der Waals surface area contributed by atoms with Gasteiger partial charge in [0.2, 0.25) is 0 Å². The average Bonchev–Trinajstić information content (AvgIpc) is 2.57. The third-order valence-electron chi connectivity index (χ3n) is 3.36. The summed E-state index contributed by atoms with van der Waals surface area (Å²) in [5.74, 6) is -1.05. The number of hydrogen-bond donors (Lipinski definition) is 1. The van der Waals surface area contributed by atoms with Crippen molar-refractivity contribution in [3.8, 4) is 0 Å². The van der Waals surface area contributed by atoms with Crippen molar-refractivity contribution in [1.29, 1.82) is 0 Å². The number of nitrogens with one attached hydrogen (secondary N) is 1. The average molecular weight is 333 g/mol. The Bertz CT molecular complexity index is 980. The van der Waals surface area contributed by atoms with Gasteiger partial charge in [-0.25, -0.2) is 9.66 Å². The summed E-state index contributed by atoms with van der Waals surface area (Å²) in [4.78, 5) is 28.4. The van der Waals surface area contributed by atoms with E-state index >= 15 is 0 Å². The molecule has 0 fully saturated rings. The van der Waals surface area contributed by atoms with Gasteiger partial charge in [-0.05, 0) is 24.3 Å². The number of aromatic nitrogens is 2. The number of nitrogens with zero attached hydrogens (tertiary/aromatic N) is 2. The minimum Gasteiger partial charge on any atom is -0.267 e. The predicted octanol–water partition coefficient (Wildman–Crippen LogP) is 2.80. The number of amides is 1. The van der Waals surface area contributed by atoms with Gasteiger partial charge in [0, 0.05) is 0 Å². The fraction of sp³-hybridized carbons (Fsp3) is 0.0625. The molecule has 0 saturated heterocycles. The number of hydrogen-bond acceptors (Lipinski definition) is 3.